The lowest BCUT2D eigenvalue weighted by molar-refractivity contribution is 0.0425. The number of phenolic OH excluding ortho intramolecular Hbond substituents is 1. The van der Waals surface area contributed by atoms with E-state index in [0.717, 1.165) is 23.6 Å². The molecular weight excluding hydrogens is 347 g/mol. The van der Waals surface area contributed by atoms with Crippen LogP contribution in [0.2, 0.25) is 0 Å². The van der Waals surface area contributed by atoms with Crippen LogP contribution in [0.4, 0.5) is 4.39 Å². The van der Waals surface area contributed by atoms with Crippen molar-refractivity contribution < 1.29 is 14.2 Å². The van der Waals surface area contributed by atoms with Crippen LogP contribution < -0.4 is 10.1 Å². The van der Waals surface area contributed by atoms with E-state index in [1.807, 2.05) is 12.1 Å². The predicted octanol–water partition coefficient (Wildman–Crippen LogP) is 3.01. The molecule has 0 spiro atoms. The van der Waals surface area contributed by atoms with Gasteiger partial charge in [0.15, 0.2) is 6.17 Å². The van der Waals surface area contributed by atoms with E-state index in [9.17, 15) is 9.50 Å². The average Bonchev–Trinajstić information content (AvgIpc) is 3.10. The number of hydrogen-bond donors (Lipinski definition) is 2. The normalized spacial score (nSPS) is 27.0. The molecule has 7 heteroatoms. The molecule has 2 fully saturated rings. The van der Waals surface area contributed by atoms with Gasteiger partial charge in [0.25, 0.3) is 0 Å². The summed E-state index contributed by atoms with van der Waals surface area (Å²) in [4.78, 5) is 12.7. The van der Waals surface area contributed by atoms with Crippen molar-refractivity contribution in [2.45, 2.75) is 43.6 Å². The second kappa shape index (κ2) is 6.42. The molecule has 2 aromatic heterocycles. The van der Waals surface area contributed by atoms with Gasteiger partial charge in [-0.3, -0.25) is 4.98 Å². The molecule has 0 saturated carbocycles. The maximum Gasteiger partial charge on any atom is 0.232 e. The number of benzene rings is 1. The number of halogens is 1. The summed E-state index contributed by atoms with van der Waals surface area (Å²) in [6.45, 7) is 0. The Bertz CT molecular complexity index is 981. The maximum atomic E-state index is 14.5. The van der Waals surface area contributed by atoms with Crippen LogP contribution in [0, 0.1) is 0 Å². The number of hydrogen-bond acceptors (Lipinski definition) is 6. The Hall–Kier alpha value is -2.80. The average molecular weight is 366 g/mol. The summed E-state index contributed by atoms with van der Waals surface area (Å²) < 4.78 is 20.3. The highest BCUT2D eigenvalue weighted by atomic mass is 19.1. The number of fused-ring (bicyclic) bond motifs is 3. The standard InChI is InChI=1S/C20H19FN4O2/c21-20-15-2-1-13(25-15)7-18(20)27-19-10-23-16(9-24-19)14-5-11-3-4-22-8-12(11)6-17(14)26/h3-6,8-10,13,15,18,20,25-26H,1-2,7H2/t13-,15+,18-,20-/m0/s1. The van der Waals surface area contributed by atoms with Crippen molar-refractivity contribution in [1.29, 1.82) is 0 Å². The van der Waals surface area contributed by atoms with E-state index in [1.54, 1.807) is 24.7 Å². The molecule has 6 nitrogen and oxygen atoms in total. The van der Waals surface area contributed by atoms with Gasteiger partial charge in [0.2, 0.25) is 5.88 Å². The van der Waals surface area contributed by atoms with Gasteiger partial charge >= 0.3 is 0 Å². The molecule has 2 saturated heterocycles. The fourth-order valence-corrected chi connectivity index (χ4v) is 4.07. The first-order valence-corrected chi connectivity index (χ1v) is 9.13. The Morgan fingerprint density at radius 2 is 2.04 bits per heavy atom. The number of alkyl halides is 1. The van der Waals surface area contributed by atoms with Gasteiger partial charge in [0.05, 0.1) is 18.1 Å². The Labute approximate surface area is 155 Å². The first kappa shape index (κ1) is 16.4. The molecule has 2 aliphatic rings. The van der Waals surface area contributed by atoms with Gasteiger partial charge in [0, 0.05) is 41.8 Å². The van der Waals surface area contributed by atoms with Gasteiger partial charge in [0.1, 0.15) is 11.9 Å². The molecule has 0 unspecified atom stereocenters. The van der Waals surface area contributed by atoms with Crippen molar-refractivity contribution in [3.8, 4) is 22.9 Å². The highest BCUT2D eigenvalue weighted by molar-refractivity contribution is 5.89. The summed E-state index contributed by atoms with van der Waals surface area (Å²) in [7, 11) is 0. The number of piperidine rings is 1. The van der Waals surface area contributed by atoms with Gasteiger partial charge in [-0.05, 0) is 36.4 Å². The number of pyridine rings is 1. The molecule has 2 bridgehead atoms. The number of nitrogens with zero attached hydrogens (tertiary/aromatic N) is 3. The summed E-state index contributed by atoms with van der Waals surface area (Å²) >= 11 is 0. The number of rotatable bonds is 3. The fraction of sp³-hybridized carbons (Fsp3) is 0.350. The van der Waals surface area contributed by atoms with E-state index in [0.29, 0.717) is 29.6 Å². The molecule has 138 valence electrons. The Morgan fingerprint density at radius 3 is 2.89 bits per heavy atom. The number of ether oxygens (including phenoxy) is 1. The van der Waals surface area contributed by atoms with Crippen molar-refractivity contribution in [3.63, 3.8) is 0 Å². The van der Waals surface area contributed by atoms with E-state index in [1.165, 1.54) is 6.20 Å². The van der Waals surface area contributed by atoms with Crippen molar-refractivity contribution in [2.75, 3.05) is 0 Å². The number of aromatic hydroxyl groups is 1. The topological polar surface area (TPSA) is 80.2 Å². The van der Waals surface area contributed by atoms with Crippen LogP contribution >= 0.6 is 0 Å². The fourth-order valence-electron chi connectivity index (χ4n) is 4.07. The predicted molar refractivity (Wildman–Crippen MR) is 98.3 cm³/mol. The van der Waals surface area contributed by atoms with Crippen LogP contribution in [0.5, 0.6) is 11.6 Å². The lowest BCUT2D eigenvalue weighted by Gasteiger charge is -2.32. The summed E-state index contributed by atoms with van der Waals surface area (Å²) in [5.41, 5.74) is 1.11. The minimum Gasteiger partial charge on any atom is -0.507 e. The molecule has 3 aromatic rings. The largest absolute Gasteiger partial charge is 0.507 e. The number of phenols is 1. The minimum absolute atomic E-state index is 0.109. The molecule has 4 heterocycles. The third-order valence-electron chi connectivity index (χ3n) is 5.46. The Morgan fingerprint density at radius 1 is 1.11 bits per heavy atom. The summed E-state index contributed by atoms with van der Waals surface area (Å²) in [5.74, 6) is 0.411. The van der Waals surface area contributed by atoms with Crippen molar-refractivity contribution in [1.82, 2.24) is 20.3 Å². The van der Waals surface area contributed by atoms with Crippen LogP contribution in [-0.4, -0.2) is 44.4 Å². The van der Waals surface area contributed by atoms with Gasteiger partial charge in [-0.1, -0.05) is 0 Å². The first-order chi connectivity index (χ1) is 13.2. The van der Waals surface area contributed by atoms with Gasteiger partial charge in [-0.25, -0.2) is 14.4 Å². The Balaban J connectivity index is 1.38. The lowest BCUT2D eigenvalue weighted by atomic mass is 10.0. The van der Waals surface area contributed by atoms with Gasteiger partial charge in [-0.15, -0.1) is 0 Å². The Kier molecular flexibility index (Phi) is 3.89. The SMILES string of the molecule is Oc1cc2cnccc2cc1-c1cnc(O[C@H]2C[C@@H]3CC[C@@H](N3)[C@@H]2F)cn1. The van der Waals surface area contributed by atoms with Crippen LogP contribution in [0.1, 0.15) is 19.3 Å². The molecular formula is C20H19FN4O2. The maximum absolute atomic E-state index is 14.5. The molecule has 4 atom stereocenters. The highest BCUT2D eigenvalue weighted by Gasteiger charge is 2.43. The molecule has 2 aliphatic heterocycles. The van der Waals surface area contributed by atoms with Gasteiger partial charge in [-0.2, -0.15) is 0 Å². The molecule has 2 N–H and O–H groups in total. The highest BCUT2D eigenvalue weighted by Crippen LogP contribution is 2.33. The second-order valence-corrected chi connectivity index (χ2v) is 7.22. The smallest absolute Gasteiger partial charge is 0.232 e. The molecule has 5 rings (SSSR count). The van der Waals surface area contributed by atoms with Crippen molar-refractivity contribution in [2.24, 2.45) is 0 Å². The lowest BCUT2D eigenvalue weighted by Crippen LogP contribution is -2.51. The van der Waals surface area contributed by atoms with E-state index in [2.05, 4.69) is 20.3 Å². The molecule has 27 heavy (non-hydrogen) atoms. The monoisotopic (exact) mass is 366 g/mol. The van der Waals surface area contributed by atoms with Gasteiger partial charge < -0.3 is 15.2 Å². The first-order valence-electron chi connectivity index (χ1n) is 9.13. The van der Waals surface area contributed by atoms with E-state index < -0.39 is 12.3 Å². The van der Waals surface area contributed by atoms with E-state index in [4.69, 9.17) is 4.74 Å². The molecule has 0 radical (unpaired) electrons. The van der Waals surface area contributed by atoms with Crippen LogP contribution in [-0.2, 0) is 0 Å². The molecule has 0 aliphatic carbocycles. The zero-order valence-electron chi connectivity index (χ0n) is 14.5. The summed E-state index contributed by atoms with van der Waals surface area (Å²) in [6, 6.07) is 5.57. The number of aromatic nitrogens is 3. The second-order valence-electron chi connectivity index (χ2n) is 7.22. The third kappa shape index (κ3) is 2.98. The molecule has 0 amide bonds. The van der Waals surface area contributed by atoms with Crippen LogP contribution in [0.25, 0.3) is 22.0 Å². The molecule has 1 aromatic carbocycles. The number of nitrogens with one attached hydrogen (secondary N) is 1. The van der Waals surface area contributed by atoms with Crippen molar-refractivity contribution in [3.05, 3.63) is 43.0 Å². The van der Waals surface area contributed by atoms with Crippen LogP contribution in [0.3, 0.4) is 0 Å². The third-order valence-corrected chi connectivity index (χ3v) is 5.46. The minimum atomic E-state index is -1.04. The zero-order chi connectivity index (χ0) is 18.4. The van der Waals surface area contributed by atoms with E-state index >= 15 is 0 Å². The summed E-state index contributed by atoms with van der Waals surface area (Å²) in [5, 5.41) is 15.4. The van der Waals surface area contributed by atoms with E-state index in [-0.39, 0.29) is 11.8 Å². The quantitative estimate of drug-likeness (QED) is 0.742. The zero-order valence-corrected chi connectivity index (χ0v) is 14.5. The van der Waals surface area contributed by atoms with Crippen LogP contribution in [0.15, 0.2) is 43.0 Å². The van der Waals surface area contributed by atoms with Crippen molar-refractivity contribution >= 4 is 10.8 Å². The summed E-state index contributed by atoms with van der Waals surface area (Å²) in [6.07, 6.45) is 7.38.